The number of aryl methyl sites for hydroxylation is 2. The third-order valence-electron chi connectivity index (χ3n) is 3.53. The molecule has 0 saturated heterocycles. The summed E-state index contributed by atoms with van der Waals surface area (Å²) in [4.78, 5) is 8.92. The van der Waals surface area contributed by atoms with Gasteiger partial charge in [-0.3, -0.25) is 0 Å². The zero-order valence-corrected chi connectivity index (χ0v) is 12.9. The van der Waals surface area contributed by atoms with Crippen molar-refractivity contribution in [1.82, 2.24) is 9.97 Å². The van der Waals surface area contributed by atoms with E-state index < -0.39 is 0 Å². The normalized spacial score (nSPS) is 17.6. The first kappa shape index (κ1) is 14.1. The number of halogens is 1. The maximum absolute atomic E-state index is 6.05. The highest BCUT2D eigenvalue weighted by molar-refractivity contribution is 6.30. The number of nitrogens with zero attached hydrogens (tertiary/aromatic N) is 2. The zero-order valence-electron chi connectivity index (χ0n) is 12.2. The van der Waals surface area contributed by atoms with Crippen LogP contribution in [0.4, 0.5) is 5.95 Å². The third-order valence-corrected chi connectivity index (χ3v) is 3.77. The molecular formula is C16H18ClN3O. The molecule has 0 fully saturated rings. The molecule has 1 aliphatic rings. The van der Waals surface area contributed by atoms with Crippen LogP contribution in [0.15, 0.2) is 24.3 Å². The molecule has 1 unspecified atom stereocenters. The first-order chi connectivity index (χ1) is 10.1. The van der Waals surface area contributed by atoms with Gasteiger partial charge in [-0.15, -0.1) is 0 Å². The summed E-state index contributed by atoms with van der Waals surface area (Å²) in [6.45, 7) is 4.66. The smallest absolute Gasteiger partial charge is 0.223 e. The van der Waals surface area contributed by atoms with Gasteiger partial charge in [0.1, 0.15) is 5.75 Å². The first-order valence-corrected chi connectivity index (χ1v) is 7.51. The molecule has 1 aliphatic heterocycles. The Morgan fingerprint density at radius 1 is 1.19 bits per heavy atom. The summed E-state index contributed by atoms with van der Waals surface area (Å²) in [7, 11) is 0. The lowest BCUT2D eigenvalue weighted by Gasteiger charge is -2.19. The highest BCUT2D eigenvalue weighted by atomic mass is 35.5. The molecule has 3 rings (SSSR count). The number of rotatable bonds is 2. The molecule has 1 atom stereocenters. The number of anilines is 1. The molecule has 2 aromatic rings. The lowest BCUT2D eigenvalue weighted by atomic mass is 10.0. The zero-order chi connectivity index (χ0) is 14.8. The van der Waals surface area contributed by atoms with Crippen molar-refractivity contribution in [2.45, 2.75) is 32.7 Å². The summed E-state index contributed by atoms with van der Waals surface area (Å²) in [6, 6.07) is 7.89. The Morgan fingerprint density at radius 3 is 2.71 bits per heavy atom. The fourth-order valence-electron chi connectivity index (χ4n) is 2.64. The van der Waals surface area contributed by atoms with Crippen LogP contribution in [-0.2, 0) is 0 Å². The van der Waals surface area contributed by atoms with Crippen LogP contribution in [0.1, 0.15) is 35.8 Å². The van der Waals surface area contributed by atoms with E-state index in [-0.39, 0.29) is 6.04 Å². The standard InChI is InChI=1S/C16H18ClN3O/c1-10-8-11(2)19-16(18-10)20-14-4-3-7-21-15-9-12(17)5-6-13(14)15/h5-6,8-9,14H,3-4,7H2,1-2H3,(H,18,19,20). The molecular weight excluding hydrogens is 286 g/mol. The van der Waals surface area contributed by atoms with Gasteiger partial charge in [0.15, 0.2) is 0 Å². The topological polar surface area (TPSA) is 47.0 Å². The second kappa shape index (κ2) is 5.90. The van der Waals surface area contributed by atoms with Crippen molar-refractivity contribution in [2.24, 2.45) is 0 Å². The second-order valence-electron chi connectivity index (χ2n) is 5.34. The highest BCUT2D eigenvalue weighted by Gasteiger charge is 2.20. The Hall–Kier alpha value is -1.81. The molecule has 1 aromatic heterocycles. The predicted molar refractivity (Wildman–Crippen MR) is 84.1 cm³/mol. The van der Waals surface area contributed by atoms with Crippen LogP contribution in [0.3, 0.4) is 0 Å². The minimum atomic E-state index is 0.140. The lowest BCUT2D eigenvalue weighted by Crippen LogP contribution is -2.13. The Bertz CT molecular complexity index is 640. The van der Waals surface area contributed by atoms with Crippen LogP contribution in [0.5, 0.6) is 5.75 Å². The maximum atomic E-state index is 6.05. The van der Waals surface area contributed by atoms with E-state index in [4.69, 9.17) is 16.3 Å². The molecule has 110 valence electrons. The molecule has 0 amide bonds. The maximum Gasteiger partial charge on any atom is 0.223 e. The largest absolute Gasteiger partial charge is 0.493 e. The van der Waals surface area contributed by atoms with Gasteiger partial charge in [0, 0.05) is 22.0 Å². The van der Waals surface area contributed by atoms with Crippen LogP contribution >= 0.6 is 11.6 Å². The minimum Gasteiger partial charge on any atom is -0.493 e. The number of hydrogen-bond acceptors (Lipinski definition) is 4. The van der Waals surface area contributed by atoms with Gasteiger partial charge in [-0.1, -0.05) is 17.7 Å². The molecule has 0 radical (unpaired) electrons. The number of benzene rings is 1. The molecule has 0 saturated carbocycles. The van der Waals surface area contributed by atoms with Crippen molar-refractivity contribution in [3.63, 3.8) is 0 Å². The van der Waals surface area contributed by atoms with Gasteiger partial charge in [-0.05, 0) is 44.9 Å². The van der Waals surface area contributed by atoms with Gasteiger partial charge in [-0.2, -0.15) is 0 Å². The monoisotopic (exact) mass is 303 g/mol. The van der Waals surface area contributed by atoms with Crippen LogP contribution < -0.4 is 10.1 Å². The van der Waals surface area contributed by atoms with E-state index in [1.807, 2.05) is 38.1 Å². The van der Waals surface area contributed by atoms with E-state index in [1.54, 1.807) is 0 Å². The molecule has 5 heteroatoms. The van der Waals surface area contributed by atoms with E-state index >= 15 is 0 Å². The number of hydrogen-bond donors (Lipinski definition) is 1. The molecule has 1 aromatic carbocycles. The van der Waals surface area contributed by atoms with Crippen molar-refractivity contribution < 1.29 is 4.74 Å². The third kappa shape index (κ3) is 3.27. The van der Waals surface area contributed by atoms with Crippen molar-refractivity contribution in [2.75, 3.05) is 11.9 Å². The molecule has 4 nitrogen and oxygen atoms in total. The van der Waals surface area contributed by atoms with Crippen LogP contribution in [0.25, 0.3) is 0 Å². The van der Waals surface area contributed by atoms with Crippen molar-refractivity contribution >= 4 is 17.5 Å². The number of nitrogens with one attached hydrogen (secondary N) is 1. The van der Waals surface area contributed by atoms with E-state index in [1.165, 1.54) is 0 Å². The fourth-order valence-corrected chi connectivity index (χ4v) is 2.80. The number of ether oxygens (including phenoxy) is 1. The van der Waals surface area contributed by atoms with Crippen LogP contribution in [0, 0.1) is 13.8 Å². The van der Waals surface area contributed by atoms with Gasteiger partial charge in [0.25, 0.3) is 0 Å². The summed E-state index contributed by atoms with van der Waals surface area (Å²) in [5.41, 5.74) is 3.04. The summed E-state index contributed by atoms with van der Waals surface area (Å²) in [5.74, 6) is 1.52. The van der Waals surface area contributed by atoms with Crippen LogP contribution in [-0.4, -0.2) is 16.6 Å². The second-order valence-corrected chi connectivity index (χ2v) is 5.78. The van der Waals surface area contributed by atoms with E-state index in [9.17, 15) is 0 Å². The summed E-state index contributed by atoms with van der Waals surface area (Å²) >= 11 is 6.05. The first-order valence-electron chi connectivity index (χ1n) is 7.13. The molecule has 2 heterocycles. The van der Waals surface area contributed by atoms with E-state index in [2.05, 4.69) is 15.3 Å². The Balaban J connectivity index is 1.91. The highest BCUT2D eigenvalue weighted by Crippen LogP contribution is 2.35. The average molecular weight is 304 g/mol. The predicted octanol–water partition coefficient (Wildman–Crippen LogP) is 4.07. The van der Waals surface area contributed by atoms with Crippen molar-refractivity contribution in [3.8, 4) is 5.75 Å². The fraction of sp³-hybridized carbons (Fsp3) is 0.375. The van der Waals surface area contributed by atoms with Gasteiger partial charge in [0.05, 0.1) is 12.6 Å². The molecule has 0 aliphatic carbocycles. The molecule has 1 N–H and O–H groups in total. The van der Waals surface area contributed by atoms with Crippen molar-refractivity contribution in [1.29, 1.82) is 0 Å². The lowest BCUT2D eigenvalue weighted by molar-refractivity contribution is 0.316. The van der Waals surface area contributed by atoms with E-state index in [0.29, 0.717) is 17.6 Å². The Morgan fingerprint density at radius 2 is 1.95 bits per heavy atom. The van der Waals surface area contributed by atoms with Gasteiger partial charge in [-0.25, -0.2) is 9.97 Å². The minimum absolute atomic E-state index is 0.140. The Kier molecular flexibility index (Phi) is 3.97. The number of aromatic nitrogens is 2. The average Bonchev–Trinajstić information content (AvgIpc) is 2.60. The number of fused-ring (bicyclic) bond motifs is 1. The quantitative estimate of drug-likeness (QED) is 0.908. The van der Waals surface area contributed by atoms with Gasteiger partial charge in [0.2, 0.25) is 5.95 Å². The summed E-state index contributed by atoms with van der Waals surface area (Å²) in [5, 5.41) is 4.12. The van der Waals surface area contributed by atoms with Gasteiger partial charge < -0.3 is 10.1 Å². The molecule has 0 spiro atoms. The molecule has 21 heavy (non-hydrogen) atoms. The summed E-state index contributed by atoms with van der Waals surface area (Å²) < 4.78 is 5.78. The van der Waals surface area contributed by atoms with E-state index in [0.717, 1.165) is 35.5 Å². The molecule has 0 bridgehead atoms. The van der Waals surface area contributed by atoms with Gasteiger partial charge >= 0.3 is 0 Å². The Labute approximate surface area is 129 Å². The van der Waals surface area contributed by atoms with Crippen molar-refractivity contribution in [3.05, 3.63) is 46.2 Å². The van der Waals surface area contributed by atoms with Crippen LogP contribution in [0.2, 0.25) is 5.02 Å². The summed E-state index contributed by atoms with van der Waals surface area (Å²) in [6.07, 6.45) is 1.96. The SMILES string of the molecule is Cc1cc(C)nc(NC2CCCOc3cc(Cl)ccc32)n1.